The van der Waals surface area contributed by atoms with E-state index in [1.54, 1.807) is 18.2 Å². The molecule has 3 N–H and O–H groups in total. The van der Waals surface area contributed by atoms with Crippen molar-refractivity contribution in [1.82, 2.24) is 14.9 Å². The maximum atomic E-state index is 12.5. The second-order valence-electron chi connectivity index (χ2n) is 6.79. The molecule has 2 atom stereocenters. The Bertz CT molecular complexity index is 1150. The summed E-state index contributed by atoms with van der Waals surface area (Å²) in [7, 11) is -4.17. The van der Waals surface area contributed by atoms with E-state index >= 15 is 0 Å². The molecule has 1 aliphatic rings. The molecule has 11 heteroatoms. The summed E-state index contributed by atoms with van der Waals surface area (Å²) < 4.78 is 25.4. The van der Waals surface area contributed by atoms with Gasteiger partial charge in [0.25, 0.3) is 15.9 Å². The summed E-state index contributed by atoms with van der Waals surface area (Å²) in [5.74, 6) is -3.80. The number of carbonyl (C=O) groups is 4. The maximum Gasteiger partial charge on any atom is 0.330 e. The lowest BCUT2D eigenvalue weighted by atomic mass is 10.1. The number of rotatable bonds is 7. The fourth-order valence-corrected chi connectivity index (χ4v) is 4.60. The van der Waals surface area contributed by atoms with Crippen LogP contribution in [0.3, 0.4) is 0 Å². The zero-order valence-electron chi connectivity index (χ0n) is 16.3. The number of aliphatic carboxylic acids is 1. The third kappa shape index (κ3) is 4.40. The quantitative estimate of drug-likeness (QED) is 0.554. The minimum atomic E-state index is -4.17. The van der Waals surface area contributed by atoms with Crippen LogP contribution in [-0.2, 0) is 24.4 Å². The smallest absolute Gasteiger partial charge is 0.330 e. The van der Waals surface area contributed by atoms with Gasteiger partial charge in [0.05, 0.1) is 5.56 Å². The molecule has 0 bridgehead atoms. The zero-order valence-corrected chi connectivity index (χ0v) is 17.1. The molecule has 0 aromatic heterocycles. The zero-order chi connectivity index (χ0) is 22.8. The number of carbonyl (C=O) groups excluding carboxylic acids is 3. The number of carboxylic acids is 1. The lowest BCUT2D eigenvalue weighted by Crippen LogP contribution is -2.50. The van der Waals surface area contributed by atoms with Crippen LogP contribution in [0.4, 0.5) is 0 Å². The van der Waals surface area contributed by atoms with E-state index in [0.717, 1.165) is 0 Å². The van der Waals surface area contributed by atoms with Crippen molar-refractivity contribution < 1.29 is 32.7 Å². The molecule has 0 saturated heterocycles. The normalized spacial score (nSPS) is 16.2. The molecule has 1 aliphatic heterocycles. The summed E-state index contributed by atoms with van der Waals surface area (Å²) in [6, 6.07) is 11.1. The highest BCUT2D eigenvalue weighted by Crippen LogP contribution is 2.29. The number of benzene rings is 2. The van der Waals surface area contributed by atoms with E-state index < -0.39 is 52.3 Å². The Morgan fingerprint density at radius 2 is 1.61 bits per heavy atom. The molecule has 31 heavy (non-hydrogen) atoms. The summed E-state index contributed by atoms with van der Waals surface area (Å²) in [6.07, 6.45) is 0. The lowest BCUT2D eigenvalue weighted by Gasteiger charge is -2.20. The van der Waals surface area contributed by atoms with Crippen LogP contribution in [0.2, 0.25) is 0 Å². The van der Waals surface area contributed by atoms with Crippen molar-refractivity contribution in [2.75, 3.05) is 6.54 Å². The standard InChI is InChI=1S/C20H19N3O7S/c1-12(18(25)22-17(20(27)28)13-7-3-2-4-8-13)21-16(24)11-23-19(26)14-9-5-6-10-15(14)31(23,29)30/h2-10,12,17H,11H2,1H3,(H,21,24)(H,22,25)(H,27,28). The summed E-state index contributed by atoms with van der Waals surface area (Å²) >= 11 is 0. The van der Waals surface area contributed by atoms with E-state index in [2.05, 4.69) is 10.6 Å². The number of nitrogens with one attached hydrogen (secondary N) is 2. The molecule has 2 aromatic carbocycles. The van der Waals surface area contributed by atoms with Gasteiger partial charge in [-0.3, -0.25) is 14.4 Å². The fraction of sp³-hybridized carbons (Fsp3) is 0.200. The summed E-state index contributed by atoms with van der Waals surface area (Å²) in [5.41, 5.74) is 0.307. The van der Waals surface area contributed by atoms with Gasteiger partial charge in [-0.15, -0.1) is 0 Å². The van der Waals surface area contributed by atoms with Crippen molar-refractivity contribution in [3.8, 4) is 0 Å². The minimum Gasteiger partial charge on any atom is -0.479 e. The van der Waals surface area contributed by atoms with Crippen LogP contribution in [0.5, 0.6) is 0 Å². The molecule has 0 radical (unpaired) electrons. The second-order valence-corrected chi connectivity index (χ2v) is 8.62. The molecule has 10 nitrogen and oxygen atoms in total. The summed E-state index contributed by atoms with van der Waals surface area (Å²) in [6.45, 7) is 0.501. The molecule has 2 unspecified atom stereocenters. The van der Waals surface area contributed by atoms with Crippen molar-refractivity contribution in [2.45, 2.75) is 23.9 Å². The Morgan fingerprint density at radius 1 is 1.00 bits per heavy atom. The molecule has 3 amide bonds. The number of hydrogen-bond acceptors (Lipinski definition) is 6. The van der Waals surface area contributed by atoms with Crippen molar-refractivity contribution >= 4 is 33.7 Å². The Balaban J connectivity index is 1.65. The van der Waals surface area contributed by atoms with Gasteiger partial charge < -0.3 is 15.7 Å². The van der Waals surface area contributed by atoms with Crippen LogP contribution < -0.4 is 10.6 Å². The molecule has 0 saturated carbocycles. The minimum absolute atomic E-state index is 0.0340. The first kappa shape index (κ1) is 22.0. The number of nitrogens with zero attached hydrogens (tertiary/aromatic N) is 1. The topological polar surface area (TPSA) is 150 Å². The predicted octanol–water partition coefficient (Wildman–Crippen LogP) is 0.278. The van der Waals surface area contributed by atoms with Gasteiger partial charge in [0.2, 0.25) is 11.8 Å². The molecule has 1 heterocycles. The molecular formula is C20H19N3O7S. The van der Waals surface area contributed by atoms with Crippen LogP contribution in [-0.4, -0.2) is 54.1 Å². The van der Waals surface area contributed by atoms with Gasteiger partial charge in [0, 0.05) is 0 Å². The number of amides is 3. The van der Waals surface area contributed by atoms with E-state index in [1.807, 2.05) is 0 Å². The third-order valence-corrected chi connectivity index (χ3v) is 6.42. The first-order valence-corrected chi connectivity index (χ1v) is 10.6. The van der Waals surface area contributed by atoms with Gasteiger partial charge in [0.1, 0.15) is 17.5 Å². The van der Waals surface area contributed by atoms with Crippen molar-refractivity contribution in [3.63, 3.8) is 0 Å². The molecular weight excluding hydrogens is 426 g/mol. The van der Waals surface area contributed by atoms with Gasteiger partial charge in [-0.1, -0.05) is 42.5 Å². The highest BCUT2D eigenvalue weighted by molar-refractivity contribution is 7.90. The van der Waals surface area contributed by atoms with E-state index in [-0.39, 0.29) is 10.5 Å². The monoisotopic (exact) mass is 445 g/mol. The average Bonchev–Trinajstić information content (AvgIpc) is 2.93. The SMILES string of the molecule is CC(NC(=O)CN1C(=O)c2ccccc2S1(=O)=O)C(=O)NC(C(=O)O)c1ccccc1. The van der Waals surface area contributed by atoms with Crippen LogP contribution in [0.15, 0.2) is 59.5 Å². The molecule has 0 spiro atoms. The fourth-order valence-electron chi connectivity index (χ4n) is 3.07. The van der Waals surface area contributed by atoms with Crippen LogP contribution in [0, 0.1) is 0 Å². The first-order chi connectivity index (χ1) is 14.6. The molecule has 0 aliphatic carbocycles. The Morgan fingerprint density at radius 3 is 2.23 bits per heavy atom. The summed E-state index contributed by atoms with van der Waals surface area (Å²) in [4.78, 5) is 48.4. The third-order valence-electron chi connectivity index (χ3n) is 4.64. The van der Waals surface area contributed by atoms with Gasteiger partial charge in [-0.25, -0.2) is 17.5 Å². The number of hydrogen-bond donors (Lipinski definition) is 3. The van der Waals surface area contributed by atoms with Gasteiger partial charge in [-0.05, 0) is 24.6 Å². The van der Waals surface area contributed by atoms with E-state index in [1.165, 1.54) is 43.3 Å². The van der Waals surface area contributed by atoms with E-state index in [9.17, 15) is 32.7 Å². The average molecular weight is 445 g/mol. The maximum absolute atomic E-state index is 12.5. The molecule has 0 fully saturated rings. The Labute approximate surface area is 177 Å². The van der Waals surface area contributed by atoms with E-state index in [4.69, 9.17) is 0 Å². The lowest BCUT2D eigenvalue weighted by molar-refractivity contribution is -0.142. The largest absolute Gasteiger partial charge is 0.479 e. The van der Waals surface area contributed by atoms with Crippen molar-refractivity contribution in [1.29, 1.82) is 0 Å². The van der Waals surface area contributed by atoms with Crippen molar-refractivity contribution in [2.24, 2.45) is 0 Å². The highest BCUT2D eigenvalue weighted by Gasteiger charge is 2.42. The van der Waals surface area contributed by atoms with Crippen LogP contribution in [0.1, 0.15) is 28.9 Å². The van der Waals surface area contributed by atoms with Gasteiger partial charge in [-0.2, -0.15) is 0 Å². The number of carboxylic acid groups (broad SMARTS) is 1. The molecule has 3 rings (SSSR count). The van der Waals surface area contributed by atoms with Crippen LogP contribution in [0.25, 0.3) is 0 Å². The van der Waals surface area contributed by atoms with E-state index in [0.29, 0.717) is 9.87 Å². The molecule has 162 valence electrons. The van der Waals surface area contributed by atoms with Crippen molar-refractivity contribution in [3.05, 3.63) is 65.7 Å². The van der Waals surface area contributed by atoms with Gasteiger partial charge >= 0.3 is 5.97 Å². The Kier molecular flexibility index (Phi) is 6.07. The number of fused-ring (bicyclic) bond motifs is 1. The first-order valence-electron chi connectivity index (χ1n) is 9.16. The molecule has 2 aromatic rings. The number of sulfonamides is 1. The van der Waals surface area contributed by atoms with Gasteiger partial charge in [0.15, 0.2) is 6.04 Å². The van der Waals surface area contributed by atoms with Crippen LogP contribution >= 0.6 is 0 Å². The highest BCUT2D eigenvalue weighted by atomic mass is 32.2. The Hall–Kier alpha value is -3.73. The second kappa shape index (κ2) is 8.56. The summed E-state index contributed by atoms with van der Waals surface area (Å²) in [5, 5.41) is 14.0. The predicted molar refractivity (Wildman–Crippen MR) is 107 cm³/mol.